The van der Waals surface area contributed by atoms with E-state index in [1.165, 1.54) is 6.33 Å². The van der Waals surface area contributed by atoms with Crippen LogP contribution in [0.5, 0.6) is 0 Å². The van der Waals surface area contributed by atoms with Crippen LogP contribution in [0.3, 0.4) is 0 Å². The highest BCUT2D eigenvalue weighted by atomic mass is 32.1. The molecule has 0 aliphatic carbocycles. The number of nitrogens with one attached hydrogen (secondary N) is 2. The van der Waals surface area contributed by atoms with Crippen molar-refractivity contribution in [1.82, 2.24) is 14.9 Å². The number of nitrogens with zero attached hydrogens (tertiary/aromatic N) is 2. The van der Waals surface area contributed by atoms with Gasteiger partial charge in [-0.25, -0.2) is 4.98 Å². The molecule has 0 saturated carbocycles. The molecule has 0 aliphatic rings. The normalized spacial score (nSPS) is 10.1. The highest BCUT2D eigenvalue weighted by molar-refractivity contribution is 7.80. The summed E-state index contributed by atoms with van der Waals surface area (Å²) in [6.45, 7) is 8.65. The van der Waals surface area contributed by atoms with E-state index in [1.54, 1.807) is 24.3 Å². The zero-order valence-electron chi connectivity index (χ0n) is 11.5. The summed E-state index contributed by atoms with van der Waals surface area (Å²) in [5, 5.41) is 4.18. The van der Waals surface area contributed by atoms with Gasteiger partial charge in [0.25, 0.3) is 5.56 Å². The Morgan fingerprint density at radius 1 is 1.38 bits per heavy atom. The summed E-state index contributed by atoms with van der Waals surface area (Å²) in [5.74, 6) is 0. The minimum atomic E-state index is -0.177. The van der Waals surface area contributed by atoms with Crippen LogP contribution in [-0.2, 0) is 0 Å². The molecule has 0 bridgehead atoms. The average Bonchev–Trinajstić information content (AvgIpc) is 2.48. The Hall–Kier alpha value is -2.47. The first-order valence-corrected chi connectivity index (χ1v) is 6.81. The van der Waals surface area contributed by atoms with E-state index in [2.05, 4.69) is 28.4 Å². The third-order valence-electron chi connectivity index (χ3n) is 2.88. The summed E-state index contributed by atoms with van der Waals surface area (Å²) < 4.78 is 0. The van der Waals surface area contributed by atoms with Gasteiger partial charge in [0.2, 0.25) is 0 Å². The number of thiocarbonyl (C=S) groups is 1. The predicted octanol–water partition coefficient (Wildman–Crippen LogP) is 2.29. The highest BCUT2D eigenvalue weighted by Gasteiger charge is 2.08. The number of hydrogen-bond acceptors (Lipinski definition) is 3. The Bertz CT molecular complexity index is 728. The molecule has 2 rings (SSSR count). The van der Waals surface area contributed by atoms with Gasteiger partial charge in [0.15, 0.2) is 5.11 Å². The van der Waals surface area contributed by atoms with E-state index in [0.29, 0.717) is 29.1 Å². The molecule has 0 fully saturated rings. The lowest BCUT2D eigenvalue weighted by molar-refractivity contribution is 0.522. The fourth-order valence-corrected chi connectivity index (χ4v) is 2.17. The smallest absolute Gasteiger partial charge is 0.258 e. The van der Waals surface area contributed by atoms with Crippen molar-refractivity contribution in [3.8, 4) is 0 Å². The summed E-state index contributed by atoms with van der Waals surface area (Å²) in [6.07, 6.45) is 4.93. The van der Waals surface area contributed by atoms with E-state index in [4.69, 9.17) is 12.2 Å². The molecule has 0 spiro atoms. The molecule has 6 heteroatoms. The van der Waals surface area contributed by atoms with Crippen molar-refractivity contribution in [3.05, 3.63) is 60.2 Å². The second-order valence-corrected chi connectivity index (χ2v) is 4.76. The molecular weight excluding hydrogens is 284 g/mol. The monoisotopic (exact) mass is 300 g/mol. The van der Waals surface area contributed by atoms with Crippen molar-refractivity contribution >= 4 is 33.9 Å². The van der Waals surface area contributed by atoms with Gasteiger partial charge in [-0.2, -0.15) is 0 Å². The van der Waals surface area contributed by atoms with Crippen LogP contribution in [0.4, 0.5) is 5.69 Å². The Morgan fingerprint density at radius 2 is 2.10 bits per heavy atom. The maximum absolute atomic E-state index is 11.8. The first-order chi connectivity index (χ1) is 10.2. The van der Waals surface area contributed by atoms with Gasteiger partial charge in [-0.15, -0.1) is 13.2 Å². The van der Waals surface area contributed by atoms with Gasteiger partial charge in [-0.3, -0.25) is 4.79 Å². The van der Waals surface area contributed by atoms with E-state index in [9.17, 15) is 4.79 Å². The van der Waals surface area contributed by atoms with Gasteiger partial charge in [-0.1, -0.05) is 12.2 Å². The van der Waals surface area contributed by atoms with E-state index in [1.807, 2.05) is 11.0 Å². The standard InChI is InChI=1S/C15H16N4OS/c1-3-7-19(8-4-2)15(21)18-11-5-6-13-12(9-11)14(20)17-10-16-13/h3-6,9-10H,1-2,7-8H2,(H,18,21)(H,16,17,20). The van der Waals surface area contributed by atoms with Gasteiger partial charge in [0, 0.05) is 18.8 Å². The summed E-state index contributed by atoms with van der Waals surface area (Å²) in [6, 6.07) is 5.34. The van der Waals surface area contributed by atoms with Crippen LogP contribution in [0.1, 0.15) is 0 Å². The van der Waals surface area contributed by atoms with E-state index < -0.39 is 0 Å². The molecule has 5 nitrogen and oxygen atoms in total. The van der Waals surface area contributed by atoms with E-state index in [-0.39, 0.29) is 5.56 Å². The Balaban J connectivity index is 2.24. The number of fused-ring (bicyclic) bond motifs is 1. The number of anilines is 1. The fourth-order valence-electron chi connectivity index (χ4n) is 1.90. The van der Waals surface area contributed by atoms with Crippen molar-refractivity contribution < 1.29 is 0 Å². The van der Waals surface area contributed by atoms with Crippen LogP contribution in [0, 0.1) is 0 Å². The molecule has 0 radical (unpaired) electrons. The van der Waals surface area contributed by atoms with Crippen molar-refractivity contribution in [2.45, 2.75) is 0 Å². The van der Waals surface area contributed by atoms with Gasteiger partial charge < -0.3 is 15.2 Å². The molecular formula is C15H16N4OS. The minimum absolute atomic E-state index is 0.177. The second kappa shape index (κ2) is 6.81. The molecule has 0 atom stereocenters. The Labute approximate surface area is 128 Å². The highest BCUT2D eigenvalue weighted by Crippen LogP contribution is 2.14. The number of hydrogen-bond donors (Lipinski definition) is 2. The lowest BCUT2D eigenvalue weighted by Crippen LogP contribution is -2.34. The van der Waals surface area contributed by atoms with Crippen LogP contribution < -0.4 is 10.9 Å². The molecule has 2 aromatic rings. The second-order valence-electron chi connectivity index (χ2n) is 4.38. The van der Waals surface area contributed by atoms with Crippen LogP contribution in [-0.4, -0.2) is 33.1 Å². The van der Waals surface area contributed by atoms with Gasteiger partial charge in [-0.05, 0) is 30.4 Å². The summed E-state index contributed by atoms with van der Waals surface area (Å²) in [7, 11) is 0. The molecule has 0 aliphatic heterocycles. The SMILES string of the molecule is C=CCN(CC=C)C(=S)Nc1ccc2nc[nH]c(=O)c2c1. The lowest BCUT2D eigenvalue weighted by Gasteiger charge is -2.23. The van der Waals surface area contributed by atoms with Gasteiger partial charge in [0.1, 0.15) is 0 Å². The van der Waals surface area contributed by atoms with Crippen molar-refractivity contribution in [2.75, 3.05) is 18.4 Å². The maximum Gasteiger partial charge on any atom is 0.258 e. The third kappa shape index (κ3) is 3.55. The zero-order valence-corrected chi connectivity index (χ0v) is 12.3. The first kappa shape index (κ1) is 14.9. The van der Waals surface area contributed by atoms with Gasteiger partial charge >= 0.3 is 0 Å². The van der Waals surface area contributed by atoms with E-state index in [0.717, 1.165) is 5.69 Å². The van der Waals surface area contributed by atoms with E-state index >= 15 is 0 Å². The summed E-state index contributed by atoms with van der Waals surface area (Å²) in [5.41, 5.74) is 1.21. The lowest BCUT2D eigenvalue weighted by atomic mass is 10.2. The number of H-pyrrole nitrogens is 1. The third-order valence-corrected chi connectivity index (χ3v) is 3.24. The molecule has 0 saturated heterocycles. The van der Waals surface area contributed by atoms with Crippen LogP contribution in [0.2, 0.25) is 0 Å². The quantitative estimate of drug-likeness (QED) is 0.655. The molecule has 108 valence electrons. The predicted molar refractivity (Wildman–Crippen MR) is 90.6 cm³/mol. The Kier molecular flexibility index (Phi) is 4.84. The largest absolute Gasteiger partial charge is 0.342 e. The van der Waals surface area contributed by atoms with Crippen LogP contribution in [0.25, 0.3) is 10.9 Å². The molecule has 2 N–H and O–H groups in total. The first-order valence-electron chi connectivity index (χ1n) is 6.41. The maximum atomic E-state index is 11.8. The topological polar surface area (TPSA) is 61.0 Å². The molecule has 1 aromatic heterocycles. The minimum Gasteiger partial charge on any atom is -0.342 e. The number of aromatic amines is 1. The molecule has 0 amide bonds. The van der Waals surface area contributed by atoms with Crippen molar-refractivity contribution in [1.29, 1.82) is 0 Å². The average molecular weight is 300 g/mol. The number of aromatic nitrogens is 2. The number of rotatable bonds is 5. The van der Waals surface area contributed by atoms with Crippen LogP contribution in [0.15, 0.2) is 54.6 Å². The molecule has 0 unspecified atom stereocenters. The molecule has 1 heterocycles. The molecule has 1 aromatic carbocycles. The Morgan fingerprint density at radius 3 is 2.76 bits per heavy atom. The fraction of sp³-hybridized carbons (Fsp3) is 0.133. The van der Waals surface area contributed by atoms with Crippen LogP contribution >= 0.6 is 12.2 Å². The molecule has 21 heavy (non-hydrogen) atoms. The van der Waals surface area contributed by atoms with Crippen molar-refractivity contribution in [2.24, 2.45) is 0 Å². The summed E-state index contributed by atoms with van der Waals surface area (Å²) >= 11 is 5.36. The zero-order chi connectivity index (χ0) is 15.2. The number of benzene rings is 1. The van der Waals surface area contributed by atoms with Crippen molar-refractivity contribution in [3.63, 3.8) is 0 Å². The van der Waals surface area contributed by atoms with Gasteiger partial charge in [0.05, 0.1) is 17.2 Å². The summed E-state index contributed by atoms with van der Waals surface area (Å²) in [4.78, 5) is 20.3.